The number of nitrogens with zero attached hydrogens (tertiary/aromatic N) is 2. The number of hydrogen-bond acceptors (Lipinski definition) is 5. The number of piperidine rings is 1. The number of morpholine rings is 1. The van der Waals surface area contributed by atoms with Gasteiger partial charge in [0.15, 0.2) is 5.76 Å². The Kier molecular flexibility index (Phi) is 7.02. The van der Waals surface area contributed by atoms with Crippen LogP contribution in [0.3, 0.4) is 0 Å². The van der Waals surface area contributed by atoms with Crippen LogP contribution in [0, 0.1) is 0 Å². The normalized spacial score (nSPS) is 23.2. The first-order valence-electron chi connectivity index (χ1n) is 12.9. The summed E-state index contributed by atoms with van der Waals surface area (Å²) in [6, 6.07) is 18.0. The van der Waals surface area contributed by atoms with Gasteiger partial charge in [-0.2, -0.15) is 0 Å². The third-order valence-corrected chi connectivity index (χ3v) is 7.34. The molecule has 2 fully saturated rings. The van der Waals surface area contributed by atoms with Crippen molar-refractivity contribution in [3.05, 3.63) is 77.1 Å². The third-order valence-electron chi connectivity index (χ3n) is 7.34. The molecule has 1 aromatic heterocycles. The highest BCUT2D eigenvalue weighted by molar-refractivity contribution is 5.96. The van der Waals surface area contributed by atoms with Gasteiger partial charge < -0.3 is 19.2 Å². The Balaban J connectivity index is 1.25. The minimum absolute atomic E-state index is 0.00594. The van der Waals surface area contributed by atoms with Gasteiger partial charge in [0, 0.05) is 38.1 Å². The number of hydrogen-bond donors (Lipinski definition) is 1. The zero-order chi connectivity index (χ0) is 25.3. The number of carbonyl (C=O) groups excluding carboxylic acids is 1. The molecule has 36 heavy (non-hydrogen) atoms. The minimum Gasteiger partial charge on any atom is -0.451 e. The van der Waals surface area contributed by atoms with E-state index in [-0.39, 0.29) is 18.1 Å². The number of aliphatic hydroxyl groups is 1. The van der Waals surface area contributed by atoms with E-state index in [1.165, 1.54) is 11.1 Å². The highest BCUT2D eigenvalue weighted by Gasteiger charge is 2.34. The van der Waals surface area contributed by atoms with Crippen LogP contribution >= 0.6 is 0 Å². The standard InChI is InChI=1S/C30H36N2O4/c1-21(15-24-7-5-4-6-8-24)18-31-13-11-30(34,12-14-31)26-9-10-27-25(16-26)17-28(36-27)29(33)32-19-22(2)35-23(3)20-32/h4-10,15-17,22-23,34H,11-14,18-20H2,1-3H3/b21-15+/t22-,23+. The van der Waals surface area contributed by atoms with Crippen LogP contribution in [-0.2, 0) is 10.3 Å². The highest BCUT2D eigenvalue weighted by atomic mass is 16.5. The van der Waals surface area contributed by atoms with E-state index in [4.69, 9.17) is 9.15 Å². The molecule has 2 atom stereocenters. The number of amides is 1. The SMILES string of the molecule is C/C(=C\c1ccccc1)CN1CCC(O)(c2ccc3oc(C(=O)N4C[C@@H](C)O[C@@H](C)C4)cc3c2)CC1. The van der Waals surface area contributed by atoms with Crippen LogP contribution in [0.25, 0.3) is 17.0 Å². The molecule has 2 aromatic carbocycles. The average Bonchev–Trinajstić information content (AvgIpc) is 3.29. The molecule has 1 amide bonds. The van der Waals surface area contributed by atoms with Gasteiger partial charge in [-0.1, -0.05) is 48.0 Å². The second-order valence-corrected chi connectivity index (χ2v) is 10.5. The minimum atomic E-state index is -0.877. The summed E-state index contributed by atoms with van der Waals surface area (Å²) in [5.41, 5.74) is 3.21. The van der Waals surface area contributed by atoms with E-state index < -0.39 is 5.60 Å². The molecule has 2 aliphatic heterocycles. The van der Waals surface area contributed by atoms with Crippen molar-refractivity contribution in [2.75, 3.05) is 32.7 Å². The molecule has 2 aliphatic rings. The van der Waals surface area contributed by atoms with Crippen molar-refractivity contribution in [1.82, 2.24) is 9.80 Å². The lowest BCUT2D eigenvalue weighted by molar-refractivity contribution is -0.0591. The Morgan fingerprint density at radius 3 is 2.44 bits per heavy atom. The average molecular weight is 489 g/mol. The van der Waals surface area contributed by atoms with Crippen molar-refractivity contribution in [3.8, 4) is 0 Å². The van der Waals surface area contributed by atoms with E-state index in [2.05, 4.69) is 42.2 Å². The summed E-state index contributed by atoms with van der Waals surface area (Å²) >= 11 is 0. The van der Waals surface area contributed by atoms with Crippen LogP contribution < -0.4 is 0 Å². The summed E-state index contributed by atoms with van der Waals surface area (Å²) in [6.45, 7) is 9.80. The van der Waals surface area contributed by atoms with E-state index in [1.807, 2.05) is 44.2 Å². The van der Waals surface area contributed by atoms with Crippen molar-refractivity contribution in [2.45, 2.75) is 51.4 Å². The molecule has 0 aliphatic carbocycles. The molecule has 0 saturated carbocycles. The van der Waals surface area contributed by atoms with Crippen molar-refractivity contribution in [3.63, 3.8) is 0 Å². The number of carbonyl (C=O) groups is 1. The van der Waals surface area contributed by atoms with Gasteiger partial charge in [-0.15, -0.1) is 0 Å². The van der Waals surface area contributed by atoms with Crippen molar-refractivity contribution in [1.29, 1.82) is 0 Å². The number of furan rings is 1. The number of rotatable bonds is 5. The summed E-state index contributed by atoms with van der Waals surface area (Å²) in [5.74, 6) is 0.228. The number of likely N-dealkylation sites (tertiary alicyclic amines) is 1. The fraction of sp³-hybridized carbons (Fsp3) is 0.433. The molecule has 6 nitrogen and oxygen atoms in total. The van der Waals surface area contributed by atoms with Crippen LogP contribution in [0.15, 0.2) is 64.6 Å². The second kappa shape index (κ2) is 10.2. The lowest BCUT2D eigenvalue weighted by Crippen LogP contribution is -2.48. The van der Waals surface area contributed by atoms with Crippen LogP contribution in [0.5, 0.6) is 0 Å². The van der Waals surface area contributed by atoms with Crippen LogP contribution in [0.4, 0.5) is 0 Å². The van der Waals surface area contributed by atoms with Gasteiger partial charge >= 0.3 is 0 Å². The van der Waals surface area contributed by atoms with E-state index in [1.54, 1.807) is 4.90 Å². The van der Waals surface area contributed by atoms with Crippen molar-refractivity contribution in [2.24, 2.45) is 0 Å². The summed E-state index contributed by atoms with van der Waals surface area (Å²) in [5, 5.41) is 12.4. The lowest BCUT2D eigenvalue weighted by atomic mass is 9.84. The summed E-state index contributed by atoms with van der Waals surface area (Å²) in [6.07, 6.45) is 3.58. The first kappa shape index (κ1) is 24.8. The van der Waals surface area contributed by atoms with Gasteiger partial charge in [0.1, 0.15) is 5.58 Å². The molecule has 3 heterocycles. The Hall–Kier alpha value is -2.93. The van der Waals surface area contributed by atoms with Crippen molar-refractivity contribution < 1.29 is 19.1 Å². The molecule has 0 spiro atoms. The molecule has 0 bridgehead atoms. The smallest absolute Gasteiger partial charge is 0.289 e. The van der Waals surface area contributed by atoms with Gasteiger partial charge in [-0.3, -0.25) is 9.69 Å². The Morgan fingerprint density at radius 2 is 1.75 bits per heavy atom. The summed E-state index contributed by atoms with van der Waals surface area (Å²) in [4.78, 5) is 17.3. The molecule has 0 unspecified atom stereocenters. The fourth-order valence-corrected chi connectivity index (χ4v) is 5.54. The Bertz CT molecular complexity index is 1230. The van der Waals surface area contributed by atoms with Gasteiger partial charge in [0.05, 0.1) is 17.8 Å². The largest absolute Gasteiger partial charge is 0.451 e. The third kappa shape index (κ3) is 5.41. The van der Waals surface area contributed by atoms with Gasteiger partial charge in [0.25, 0.3) is 5.91 Å². The first-order valence-corrected chi connectivity index (χ1v) is 12.9. The van der Waals surface area contributed by atoms with Crippen LogP contribution in [0.2, 0.25) is 0 Å². The predicted molar refractivity (Wildman–Crippen MR) is 142 cm³/mol. The predicted octanol–water partition coefficient (Wildman–Crippen LogP) is 5.07. The Labute approximate surface area is 213 Å². The van der Waals surface area contributed by atoms with Crippen molar-refractivity contribution >= 4 is 23.0 Å². The second-order valence-electron chi connectivity index (χ2n) is 10.5. The summed E-state index contributed by atoms with van der Waals surface area (Å²) < 4.78 is 11.7. The zero-order valence-corrected chi connectivity index (χ0v) is 21.4. The topological polar surface area (TPSA) is 66.2 Å². The van der Waals surface area contributed by atoms with E-state index in [0.717, 1.165) is 30.6 Å². The zero-order valence-electron chi connectivity index (χ0n) is 21.4. The molecule has 5 rings (SSSR count). The van der Waals surface area contributed by atoms with Crippen LogP contribution in [0.1, 0.15) is 55.3 Å². The number of ether oxygens (including phenoxy) is 1. The molecule has 6 heteroatoms. The maximum atomic E-state index is 13.1. The number of benzene rings is 2. The molecular weight excluding hydrogens is 452 g/mol. The fourth-order valence-electron chi connectivity index (χ4n) is 5.54. The molecule has 1 N–H and O–H groups in total. The first-order chi connectivity index (χ1) is 17.3. The van der Waals surface area contributed by atoms with Crippen LogP contribution in [-0.4, -0.2) is 65.7 Å². The van der Waals surface area contributed by atoms with Gasteiger partial charge in [0.2, 0.25) is 0 Å². The quantitative estimate of drug-likeness (QED) is 0.543. The Morgan fingerprint density at radius 1 is 1.06 bits per heavy atom. The highest BCUT2D eigenvalue weighted by Crippen LogP contribution is 2.35. The number of fused-ring (bicyclic) bond motifs is 1. The lowest BCUT2D eigenvalue weighted by Gasteiger charge is -2.38. The maximum absolute atomic E-state index is 13.1. The van der Waals surface area contributed by atoms with E-state index in [9.17, 15) is 9.90 Å². The van der Waals surface area contributed by atoms with Gasteiger partial charge in [-0.25, -0.2) is 0 Å². The molecule has 190 valence electrons. The maximum Gasteiger partial charge on any atom is 0.289 e. The van der Waals surface area contributed by atoms with E-state index in [0.29, 0.717) is 37.3 Å². The molecule has 2 saturated heterocycles. The molecule has 0 radical (unpaired) electrons. The van der Waals surface area contributed by atoms with E-state index >= 15 is 0 Å². The summed E-state index contributed by atoms with van der Waals surface area (Å²) in [7, 11) is 0. The monoisotopic (exact) mass is 488 g/mol. The van der Waals surface area contributed by atoms with Gasteiger partial charge in [-0.05, 0) is 62.9 Å². The molecule has 3 aromatic rings. The molecular formula is C30H36N2O4.